The molecule has 0 bridgehead atoms. The van der Waals surface area contributed by atoms with Crippen LogP contribution < -0.4 is 5.32 Å². The Morgan fingerprint density at radius 2 is 1.81 bits per heavy atom. The molecule has 0 aliphatic heterocycles. The van der Waals surface area contributed by atoms with Crippen LogP contribution >= 0.6 is 0 Å². The molecule has 0 atom stereocenters. The van der Waals surface area contributed by atoms with E-state index < -0.39 is 0 Å². The molecule has 6 nitrogen and oxygen atoms in total. The fourth-order valence-corrected chi connectivity index (χ4v) is 3.05. The van der Waals surface area contributed by atoms with E-state index in [2.05, 4.69) is 25.5 Å². The molecular weight excluding hydrogens is 324 g/mol. The summed E-state index contributed by atoms with van der Waals surface area (Å²) in [5.41, 5.74) is 4.65. The zero-order chi connectivity index (χ0) is 17.3. The Labute approximate surface area is 149 Å². The highest BCUT2D eigenvalue weighted by atomic mass is 15.1. The van der Waals surface area contributed by atoms with Gasteiger partial charge in [-0.05, 0) is 42.5 Å². The molecule has 4 heterocycles. The number of anilines is 2. The van der Waals surface area contributed by atoms with Crippen molar-refractivity contribution in [3.63, 3.8) is 0 Å². The number of rotatable bonds is 3. The van der Waals surface area contributed by atoms with Crippen molar-refractivity contribution in [1.29, 1.82) is 0 Å². The molecule has 4 aromatic heterocycles. The third-order valence-corrected chi connectivity index (χ3v) is 4.31. The van der Waals surface area contributed by atoms with Crippen LogP contribution in [0.3, 0.4) is 0 Å². The summed E-state index contributed by atoms with van der Waals surface area (Å²) in [4.78, 5) is 13.4. The summed E-state index contributed by atoms with van der Waals surface area (Å²) in [6.07, 6.45) is 7.13. The van der Waals surface area contributed by atoms with Gasteiger partial charge in [0.15, 0.2) is 0 Å². The van der Waals surface area contributed by atoms with Crippen molar-refractivity contribution in [2.24, 2.45) is 0 Å². The number of nitrogens with zero attached hydrogens (tertiary/aromatic N) is 4. The van der Waals surface area contributed by atoms with Crippen LogP contribution in [0.2, 0.25) is 0 Å². The van der Waals surface area contributed by atoms with E-state index in [1.54, 1.807) is 18.6 Å². The minimum atomic E-state index is 0.760. The van der Waals surface area contributed by atoms with Crippen LogP contribution in [0.4, 0.5) is 11.5 Å². The van der Waals surface area contributed by atoms with Crippen LogP contribution in [0.25, 0.3) is 33.1 Å². The monoisotopic (exact) mass is 338 g/mol. The van der Waals surface area contributed by atoms with Crippen LogP contribution in [0.5, 0.6) is 0 Å². The van der Waals surface area contributed by atoms with Gasteiger partial charge in [-0.2, -0.15) is 5.10 Å². The predicted molar refractivity (Wildman–Crippen MR) is 102 cm³/mol. The first-order chi connectivity index (χ1) is 12.9. The third-order valence-electron chi connectivity index (χ3n) is 4.31. The molecule has 0 unspecified atom stereocenters. The van der Waals surface area contributed by atoms with Crippen LogP contribution in [0.1, 0.15) is 0 Å². The molecule has 0 spiro atoms. The Morgan fingerprint density at radius 1 is 0.885 bits per heavy atom. The Balaban J connectivity index is 1.70. The summed E-state index contributed by atoms with van der Waals surface area (Å²) in [7, 11) is 0. The molecule has 26 heavy (non-hydrogen) atoms. The first kappa shape index (κ1) is 14.5. The normalized spacial score (nSPS) is 11.1. The van der Waals surface area contributed by atoms with Gasteiger partial charge in [0.1, 0.15) is 5.82 Å². The summed E-state index contributed by atoms with van der Waals surface area (Å²) in [6, 6.07) is 15.8. The molecule has 0 radical (unpaired) electrons. The lowest BCUT2D eigenvalue weighted by molar-refractivity contribution is 1.12. The SMILES string of the molecule is c1cc(Nc2nc(-c3ccncc3)cc3ncccc23)c2cn[nH]c2c1. The molecule has 5 aromatic rings. The van der Waals surface area contributed by atoms with Gasteiger partial charge in [0, 0.05) is 34.9 Å². The largest absolute Gasteiger partial charge is 0.339 e. The third kappa shape index (κ3) is 2.44. The van der Waals surface area contributed by atoms with Crippen molar-refractivity contribution >= 4 is 33.3 Å². The number of aromatic nitrogens is 5. The van der Waals surface area contributed by atoms with Gasteiger partial charge in [-0.1, -0.05) is 6.07 Å². The fraction of sp³-hybridized carbons (Fsp3) is 0. The minimum absolute atomic E-state index is 0.760. The van der Waals surface area contributed by atoms with E-state index >= 15 is 0 Å². The van der Waals surface area contributed by atoms with E-state index in [9.17, 15) is 0 Å². The van der Waals surface area contributed by atoms with Crippen LogP contribution in [0.15, 0.2) is 73.3 Å². The highest BCUT2D eigenvalue weighted by Crippen LogP contribution is 2.30. The van der Waals surface area contributed by atoms with E-state index in [0.717, 1.165) is 44.6 Å². The van der Waals surface area contributed by atoms with Gasteiger partial charge in [0.2, 0.25) is 0 Å². The standard InChI is InChI=1S/C20H14N6/c1-4-16(15-12-23-26-17(15)5-1)24-20-14-3-2-8-22-19(14)11-18(25-20)13-6-9-21-10-7-13/h1-12H,(H,23,26)(H,24,25). The molecule has 0 saturated heterocycles. The Bertz CT molecular complexity index is 1210. The Hall–Kier alpha value is -3.80. The van der Waals surface area contributed by atoms with E-state index in [1.807, 2.05) is 54.7 Å². The lowest BCUT2D eigenvalue weighted by Gasteiger charge is -2.12. The second-order valence-corrected chi connectivity index (χ2v) is 5.92. The van der Waals surface area contributed by atoms with Gasteiger partial charge in [-0.25, -0.2) is 4.98 Å². The molecule has 2 N–H and O–H groups in total. The zero-order valence-corrected chi connectivity index (χ0v) is 13.7. The zero-order valence-electron chi connectivity index (χ0n) is 13.7. The fourth-order valence-electron chi connectivity index (χ4n) is 3.05. The first-order valence-electron chi connectivity index (χ1n) is 8.24. The average Bonchev–Trinajstić information content (AvgIpc) is 3.18. The van der Waals surface area contributed by atoms with Gasteiger partial charge >= 0.3 is 0 Å². The van der Waals surface area contributed by atoms with Crippen molar-refractivity contribution in [2.45, 2.75) is 0 Å². The number of aromatic amines is 1. The molecule has 0 saturated carbocycles. The molecule has 124 valence electrons. The lowest BCUT2D eigenvalue weighted by Crippen LogP contribution is -1.98. The van der Waals surface area contributed by atoms with E-state index in [4.69, 9.17) is 4.98 Å². The maximum absolute atomic E-state index is 4.85. The number of nitrogens with one attached hydrogen (secondary N) is 2. The maximum Gasteiger partial charge on any atom is 0.140 e. The van der Waals surface area contributed by atoms with Gasteiger partial charge in [0.25, 0.3) is 0 Å². The first-order valence-corrected chi connectivity index (χ1v) is 8.24. The molecule has 0 aliphatic rings. The van der Waals surface area contributed by atoms with E-state index in [-0.39, 0.29) is 0 Å². The second kappa shape index (κ2) is 5.93. The van der Waals surface area contributed by atoms with Gasteiger partial charge < -0.3 is 5.32 Å². The van der Waals surface area contributed by atoms with Gasteiger partial charge in [-0.3, -0.25) is 15.1 Å². The predicted octanol–water partition coefficient (Wildman–Crippen LogP) is 4.31. The Morgan fingerprint density at radius 3 is 2.73 bits per heavy atom. The maximum atomic E-state index is 4.85. The quantitative estimate of drug-likeness (QED) is 0.512. The Kier molecular flexibility index (Phi) is 3.31. The van der Waals surface area contributed by atoms with Crippen molar-refractivity contribution in [3.8, 4) is 11.3 Å². The van der Waals surface area contributed by atoms with Crippen molar-refractivity contribution < 1.29 is 0 Å². The summed E-state index contributed by atoms with van der Waals surface area (Å²) in [5, 5.41) is 12.6. The summed E-state index contributed by atoms with van der Waals surface area (Å²) in [6.45, 7) is 0. The minimum Gasteiger partial charge on any atom is -0.339 e. The van der Waals surface area contributed by atoms with Crippen LogP contribution in [-0.4, -0.2) is 25.1 Å². The number of hydrogen-bond donors (Lipinski definition) is 2. The smallest absolute Gasteiger partial charge is 0.140 e. The molecule has 0 aliphatic carbocycles. The molecule has 0 fully saturated rings. The van der Waals surface area contributed by atoms with Crippen molar-refractivity contribution in [2.75, 3.05) is 5.32 Å². The lowest BCUT2D eigenvalue weighted by atomic mass is 10.1. The van der Waals surface area contributed by atoms with Gasteiger partial charge in [0.05, 0.1) is 28.6 Å². The van der Waals surface area contributed by atoms with Crippen molar-refractivity contribution in [3.05, 3.63) is 73.3 Å². The number of hydrogen-bond acceptors (Lipinski definition) is 5. The number of pyridine rings is 3. The highest BCUT2D eigenvalue weighted by molar-refractivity contribution is 5.98. The molecule has 0 amide bonds. The molecule has 5 rings (SSSR count). The topological polar surface area (TPSA) is 79.4 Å². The van der Waals surface area contributed by atoms with Crippen LogP contribution in [-0.2, 0) is 0 Å². The average molecular weight is 338 g/mol. The molecule has 1 aromatic carbocycles. The van der Waals surface area contributed by atoms with Crippen molar-refractivity contribution in [1.82, 2.24) is 25.1 Å². The number of benzene rings is 1. The van der Waals surface area contributed by atoms with Crippen LogP contribution in [0, 0.1) is 0 Å². The van der Waals surface area contributed by atoms with E-state index in [0.29, 0.717) is 0 Å². The highest BCUT2D eigenvalue weighted by Gasteiger charge is 2.10. The summed E-state index contributed by atoms with van der Waals surface area (Å²) in [5.74, 6) is 0.760. The second-order valence-electron chi connectivity index (χ2n) is 5.92. The van der Waals surface area contributed by atoms with E-state index in [1.165, 1.54) is 0 Å². The number of fused-ring (bicyclic) bond motifs is 2. The summed E-state index contributed by atoms with van der Waals surface area (Å²) < 4.78 is 0. The molecule has 6 heteroatoms. The van der Waals surface area contributed by atoms with Gasteiger partial charge in [-0.15, -0.1) is 0 Å². The number of H-pyrrole nitrogens is 1. The molecular formula is C20H14N6. The summed E-state index contributed by atoms with van der Waals surface area (Å²) >= 11 is 0.